The van der Waals surface area contributed by atoms with Crippen molar-refractivity contribution in [2.24, 2.45) is 5.73 Å². The van der Waals surface area contributed by atoms with Gasteiger partial charge >= 0.3 is 0 Å². The summed E-state index contributed by atoms with van der Waals surface area (Å²) in [5.74, 6) is -1.08. The van der Waals surface area contributed by atoms with E-state index in [0.717, 1.165) is 28.7 Å². The zero-order valence-corrected chi connectivity index (χ0v) is 13.8. The Hall–Kier alpha value is -2.66. The van der Waals surface area contributed by atoms with E-state index in [0.29, 0.717) is 13.0 Å². The molecular weight excluding hydrogens is 316 g/mol. The topological polar surface area (TPSA) is 81.4 Å². The van der Waals surface area contributed by atoms with Gasteiger partial charge in [-0.2, -0.15) is 0 Å². The Morgan fingerprint density at radius 3 is 2.16 bits per heavy atom. The van der Waals surface area contributed by atoms with Crippen molar-refractivity contribution in [3.63, 3.8) is 0 Å². The van der Waals surface area contributed by atoms with Crippen LogP contribution in [0.3, 0.4) is 0 Å². The van der Waals surface area contributed by atoms with Gasteiger partial charge in [0.2, 0.25) is 11.8 Å². The highest BCUT2D eigenvalue weighted by Gasteiger charge is 2.39. The summed E-state index contributed by atoms with van der Waals surface area (Å²) < 4.78 is 5.43. The molecule has 1 fully saturated rings. The van der Waals surface area contributed by atoms with Gasteiger partial charge in [-0.05, 0) is 35.1 Å². The smallest absolute Gasteiger partial charge is 0.249 e. The molecule has 3 N–H and O–H groups in total. The molecule has 2 amide bonds. The van der Waals surface area contributed by atoms with Gasteiger partial charge in [-0.1, -0.05) is 48.5 Å². The first kappa shape index (κ1) is 15.8. The van der Waals surface area contributed by atoms with E-state index in [1.807, 2.05) is 48.5 Å². The van der Waals surface area contributed by atoms with E-state index in [9.17, 15) is 9.59 Å². The third-order valence-corrected chi connectivity index (χ3v) is 5.04. The van der Waals surface area contributed by atoms with Gasteiger partial charge in [0.05, 0.1) is 0 Å². The molecule has 0 spiro atoms. The summed E-state index contributed by atoms with van der Waals surface area (Å²) in [7, 11) is 0. The summed E-state index contributed by atoms with van der Waals surface area (Å²) in [5, 5.41) is 2.84. The largest absolute Gasteiger partial charge is 0.368 e. The zero-order valence-electron chi connectivity index (χ0n) is 13.8. The highest BCUT2D eigenvalue weighted by Crippen LogP contribution is 2.46. The molecule has 2 aliphatic rings. The molecule has 0 bridgehead atoms. The number of hydrogen-bond donors (Lipinski definition) is 2. The highest BCUT2D eigenvalue weighted by atomic mass is 16.5. The Balaban J connectivity index is 1.72. The summed E-state index contributed by atoms with van der Waals surface area (Å²) in [4.78, 5) is 24.7. The number of hydrogen-bond acceptors (Lipinski definition) is 3. The molecule has 5 nitrogen and oxygen atoms in total. The molecule has 1 heterocycles. The lowest BCUT2D eigenvalue weighted by Crippen LogP contribution is -2.51. The molecule has 0 aromatic heterocycles. The molecule has 1 saturated heterocycles. The van der Waals surface area contributed by atoms with Crippen molar-refractivity contribution in [1.29, 1.82) is 0 Å². The molecule has 0 unspecified atom stereocenters. The van der Waals surface area contributed by atoms with E-state index in [2.05, 4.69) is 5.32 Å². The molecule has 2 aromatic rings. The molecule has 5 heteroatoms. The minimum absolute atomic E-state index is 0.261. The Bertz CT molecular complexity index is 782. The molecular formula is C20H20N2O3. The van der Waals surface area contributed by atoms with Gasteiger partial charge in [-0.3, -0.25) is 9.59 Å². The van der Waals surface area contributed by atoms with Crippen LogP contribution in [0.1, 0.15) is 29.9 Å². The fourth-order valence-corrected chi connectivity index (χ4v) is 3.90. The highest BCUT2D eigenvalue weighted by molar-refractivity contribution is 5.92. The molecule has 25 heavy (non-hydrogen) atoms. The second kappa shape index (κ2) is 6.33. The molecule has 2 atom stereocenters. The van der Waals surface area contributed by atoms with Crippen LogP contribution in [-0.2, 0) is 14.3 Å². The maximum Gasteiger partial charge on any atom is 0.249 e. The first-order chi connectivity index (χ1) is 12.2. The minimum atomic E-state index is -0.804. The Kier molecular flexibility index (Phi) is 4.01. The average Bonchev–Trinajstić information content (AvgIpc) is 3.26. The zero-order chi connectivity index (χ0) is 17.4. The van der Waals surface area contributed by atoms with Crippen LogP contribution in [0.5, 0.6) is 0 Å². The number of benzene rings is 2. The van der Waals surface area contributed by atoms with Gasteiger partial charge in [-0.25, -0.2) is 0 Å². The van der Waals surface area contributed by atoms with Crippen LogP contribution in [0.25, 0.3) is 11.1 Å². The number of primary amides is 1. The first-order valence-electron chi connectivity index (χ1n) is 8.56. The number of fused-ring (bicyclic) bond motifs is 3. The second-order valence-corrected chi connectivity index (χ2v) is 6.54. The quantitative estimate of drug-likeness (QED) is 0.895. The number of ether oxygens (including phenoxy) is 1. The fraction of sp³-hybridized carbons (Fsp3) is 0.300. The second-order valence-electron chi connectivity index (χ2n) is 6.54. The predicted molar refractivity (Wildman–Crippen MR) is 93.8 cm³/mol. The maximum atomic E-state index is 12.5. The van der Waals surface area contributed by atoms with Crippen molar-refractivity contribution in [1.82, 2.24) is 5.32 Å². The SMILES string of the molecule is NC(=O)[C@@H](NC(=O)[C@@H]1CCCO1)C1c2ccccc2-c2ccccc21. The van der Waals surface area contributed by atoms with E-state index in [1.165, 1.54) is 0 Å². The van der Waals surface area contributed by atoms with Crippen molar-refractivity contribution in [2.75, 3.05) is 6.61 Å². The van der Waals surface area contributed by atoms with Crippen molar-refractivity contribution < 1.29 is 14.3 Å². The first-order valence-corrected chi connectivity index (χ1v) is 8.56. The lowest BCUT2D eigenvalue weighted by molar-refractivity contribution is -0.134. The lowest BCUT2D eigenvalue weighted by Gasteiger charge is -2.25. The number of nitrogens with two attached hydrogens (primary N) is 1. The number of carbonyl (C=O) groups excluding carboxylic acids is 2. The number of carbonyl (C=O) groups is 2. The van der Waals surface area contributed by atoms with Gasteiger partial charge in [0.15, 0.2) is 0 Å². The third-order valence-electron chi connectivity index (χ3n) is 5.04. The Labute approximate surface area is 146 Å². The van der Waals surface area contributed by atoms with E-state index in [-0.39, 0.29) is 11.8 Å². The summed E-state index contributed by atoms with van der Waals surface area (Å²) in [5.41, 5.74) is 9.88. The van der Waals surface area contributed by atoms with Gasteiger partial charge in [0.1, 0.15) is 12.1 Å². The molecule has 1 aliphatic heterocycles. The van der Waals surface area contributed by atoms with Crippen molar-refractivity contribution in [3.8, 4) is 11.1 Å². The van der Waals surface area contributed by atoms with Crippen LogP contribution in [0.4, 0.5) is 0 Å². The van der Waals surface area contributed by atoms with Crippen LogP contribution >= 0.6 is 0 Å². The Morgan fingerprint density at radius 1 is 1.04 bits per heavy atom. The fourth-order valence-electron chi connectivity index (χ4n) is 3.90. The van der Waals surface area contributed by atoms with E-state index in [1.54, 1.807) is 0 Å². The van der Waals surface area contributed by atoms with Crippen LogP contribution in [0, 0.1) is 0 Å². The molecule has 2 aromatic carbocycles. The third kappa shape index (κ3) is 2.70. The summed E-state index contributed by atoms with van der Waals surface area (Å²) in [6, 6.07) is 15.1. The molecule has 4 rings (SSSR count). The average molecular weight is 336 g/mol. The normalized spacial score (nSPS) is 19.9. The van der Waals surface area contributed by atoms with Crippen LogP contribution in [0.2, 0.25) is 0 Å². The van der Waals surface area contributed by atoms with Gasteiger partial charge in [0.25, 0.3) is 0 Å². The number of rotatable bonds is 4. The van der Waals surface area contributed by atoms with Gasteiger partial charge < -0.3 is 15.8 Å². The van der Waals surface area contributed by atoms with Crippen molar-refractivity contribution in [3.05, 3.63) is 59.7 Å². The number of nitrogens with one attached hydrogen (secondary N) is 1. The van der Waals surface area contributed by atoms with Crippen LogP contribution in [-0.4, -0.2) is 30.6 Å². The van der Waals surface area contributed by atoms with E-state index in [4.69, 9.17) is 10.5 Å². The number of amides is 2. The van der Waals surface area contributed by atoms with E-state index < -0.39 is 18.1 Å². The summed E-state index contributed by atoms with van der Waals surface area (Å²) >= 11 is 0. The minimum Gasteiger partial charge on any atom is -0.368 e. The monoisotopic (exact) mass is 336 g/mol. The van der Waals surface area contributed by atoms with E-state index >= 15 is 0 Å². The van der Waals surface area contributed by atoms with Crippen molar-refractivity contribution in [2.45, 2.75) is 30.9 Å². The lowest BCUT2D eigenvalue weighted by atomic mass is 9.88. The molecule has 1 aliphatic carbocycles. The standard InChI is InChI=1S/C20H20N2O3/c21-19(23)18(22-20(24)16-10-5-11-25-16)17-14-8-3-1-6-12(14)13-7-2-4-9-15(13)17/h1-4,6-9,16-18H,5,10-11H2,(H2,21,23)(H,22,24)/t16-,18-/m0/s1. The molecule has 0 radical (unpaired) electrons. The molecule has 128 valence electrons. The Morgan fingerprint density at radius 2 is 1.64 bits per heavy atom. The van der Waals surface area contributed by atoms with Crippen molar-refractivity contribution >= 4 is 11.8 Å². The van der Waals surface area contributed by atoms with Gasteiger partial charge in [0, 0.05) is 12.5 Å². The predicted octanol–water partition coefficient (Wildman–Crippen LogP) is 1.95. The van der Waals surface area contributed by atoms with Crippen LogP contribution < -0.4 is 11.1 Å². The summed E-state index contributed by atoms with van der Waals surface area (Å²) in [6.07, 6.45) is 1.04. The molecule has 0 saturated carbocycles. The summed E-state index contributed by atoms with van der Waals surface area (Å²) in [6.45, 7) is 0.578. The van der Waals surface area contributed by atoms with Crippen LogP contribution in [0.15, 0.2) is 48.5 Å². The van der Waals surface area contributed by atoms with Gasteiger partial charge in [-0.15, -0.1) is 0 Å². The maximum absolute atomic E-state index is 12.5.